The molecule has 0 saturated carbocycles. The van der Waals surface area contributed by atoms with Crippen molar-refractivity contribution in [2.45, 2.75) is 18.5 Å². The summed E-state index contributed by atoms with van der Waals surface area (Å²) in [5.41, 5.74) is 6.82. The third-order valence-corrected chi connectivity index (χ3v) is 2.23. The summed E-state index contributed by atoms with van der Waals surface area (Å²) in [5, 5.41) is 2.83. The Morgan fingerprint density at radius 1 is 1.46 bits per heavy atom. The van der Waals surface area contributed by atoms with E-state index in [1.807, 2.05) is 12.1 Å². The molecule has 3 N–H and O–H groups in total. The Kier molecular flexibility index (Phi) is 1.98. The normalized spacial score (nSPS) is 27.3. The van der Waals surface area contributed by atoms with Crippen molar-refractivity contribution in [3.05, 3.63) is 30.1 Å². The van der Waals surface area contributed by atoms with Gasteiger partial charge in [-0.05, 0) is 17.7 Å². The first kappa shape index (κ1) is 8.19. The Morgan fingerprint density at radius 2 is 2.15 bits per heavy atom. The summed E-state index contributed by atoms with van der Waals surface area (Å²) < 4.78 is 0. The van der Waals surface area contributed by atoms with Crippen LogP contribution in [0.25, 0.3) is 0 Å². The number of pyridine rings is 1. The quantitative estimate of drug-likeness (QED) is 0.633. The first-order valence-corrected chi connectivity index (χ1v) is 4.22. The molecule has 1 aromatic rings. The van der Waals surface area contributed by atoms with E-state index < -0.39 is 0 Å². The highest BCUT2D eigenvalue weighted by Crippen LogP contribution is 2.21. The van der Waals surface area contributed by atoms with Gasteiger partial charge in [0.05, 0.1) is 6.04 Å². The van der Waals surface area contributed by atoms with Crippen LogP contribution >= 0.6 is 0 Å². The Hall–Kier alpha value is -1.42. The molecule has 2 atom stereocenters. The van der Waals surface area contributed by atoms with E-state index in [9.17, 15) is 4.79 Å². The van der Waals surface area contributed by atoms with Gasteiger partial charge in [-0.3, -0.25) is 9.78 Å². The molecule has 0 aliphatic carbocycles. The maximum absolute atomic E-state index is 11.0. The lowest BCUT2D eigenvalue weighted by molar-refractivity contribution is -0.119. The Bertz CT molecular complexity index is 312. The second-order valence-corrected chi connectivity index (χ2v) is 3.19. The minimum atomic E-state index is -0.116. The molecular formula is C9H11N3O. The van der Waals surface area contributed by atoms with Crippen molar-refractivity contribution in [2.24, 2.45) is 5.73 Å². The van der Waals surface area contributed by atoms with Crippen LogP contribution in [-0.4, -0.2) is 16.9 Å². The molecule has 0 aromatic carbocycles. The van der Waals surface area contributed by atoms with Gasteiger partial charge in [0.2, 0.25) is 5.91 Å². The van der Waals surface area contributed by atoms with Crippen molar-refractivity contribution >= 4 is 5.91 Å². The zero-order valence-electron chi connectivity index (χ0n) is 7.10. The molecule has 1 aromatic heterocycles. The maximum Gasteiger partial charge on any atom is 0.222 e. The van der Waals surface area contributed by atoms with Gasteiger partial charge < -0.3 is 11.1 Å². The smallest absolute Gasteiger partial charge is 0.222 e. The van der Waals surface area contributed by atoms with E-state index in [2.05, 4.69) is 10.3 Å². The monoisotopic (exact) mass is 177 g/mol. The van der Waals surface area contributed by atoms with Crippen LogP contribution in [0.4, 0.5) is 0 Å². The number of hydrogen-bond acceptors (Lipinski definition) is 3. The zero-order chi connectivity index (χ0) is 9.26. The Balaban J connectivity index is 2.23. The first-order valence-electron chi connectivity index (χ1n) is 4.22. The van der Waals surface area contributed by atoms with E-state index in [1.54, 1.807) is 12.4 Å². The number of aromatic nitrogens is 1. The summed E-state index contributed by atoms with van der Waals surface area (Å²) >= 11 is 0. The predicted octanol–water partition coefficient (Wildman–Crippen LogP) is -0.0301. The fourth-order valence-electron chi connectivity index (χ4n) is 1.57. The fourth-order valence-corrected chi connectivity index (χ4v) is 1.57. The number of rotatable bonds is 1. The van der Waals surface area contributed by atoms with Crippen molar-refractivity contribution in [1.82, 2.24) is 10.3 Å². The third kappa shape index (κ3) is 1.53. The molecule has 2 unspecified atom stereocenters. The molecule has 1 aliphatic heterocycles. The highest BCUT2D eigenvalue weighted by Gasteiger charge is 2.30. The van der Waals surface area contributed by atoms with Crippen molar-refractivity contribution in [2.75, 3.05) is 0 Å². The number of nitrogens with two attached hydrogens (primary N) is 1. The molecule has 0 bridgehead atoms. The number of carbonyl (C=O) groups excluding carboxylic acids is 1. The van der Waals surface area contributed by atoms with Gasteiger partial charge >= 0.3 is 0 Å². The molecule has 1 saturated heterocycles. The van der Waals surface area contributed by atoms with Crippen molar-refractivity contribution in [1.29, 1.82) is 0 Å². The standard InChI is InChI=1S/C9H11N3O/c10-7-5-8(13)12-9(7)6-1-3-11-4-2-6/h1-4,7,9H,5,10H2,(H,12,13). The lowest BCUT2D eigenvalue weighted by Gasteiger charge is -2.14. The first-order chi connectivity index (χ1) is 6.27. The van der Waals surface area contributed by atoms with E-state index in [0.29, 0.717) is 6.42 Å². The lowest BCUT2D eigenvalue weighted by Crippen LogP contribution is -2.28. The molecule has 1 aliphatic rings. The Morgan fingerprint density at radius 3 is 2.69 bits per heavy atom. The van der Waals surface area contributed by atoms with Gasteiger partial charge in [-0.15, -0.1) is 0 Å². The molecule has 0 radical (unpaired) electrons. The Labute approximate surface area is 76.2 Å². The maximum atomic E-state index is 11.0. The van der Waals surface area contributed by atoms with Crippen LogP contribution in [0.3, 0.4) is 0 Å². The summed E-state index contributed by atoms with van der Waals surface area (Å²) in [6, 6.07) is 3.58. The van der Waals surface area contributed by atoms with Crippen LogP contribution in [0.15, 0.2) is 24.5 Å². The zero-order valence-corrected chi connectivity index (χ0v) is 7.10. The van der Waals surface area contributed by atoms with Gasteiger partial charge in [-0.1, -0.05) is 0 Å². The third-order valence-electron chi connectivity index (χ3n) is 2.23. The molecule has 4 heteroatoms. The molecule has 68 valence electrons. The number of hydrogen-bond donors (Lipinski definition) is 2. The summed E-state index contributed by atoms with van der Waals surface area (Å²) in [7, 11) is 0. The topological polar surface area (TPSA) is 68.0 Å². The van der Waals surface area contributed by atoms with Gasteiger partial charge in [-0.25, -0.2) is 0 Å². The number of carbonyl (C=O) groups is 1. The number of amides is 1. The van der Waals surface area contributed by atoms with Crippen LogP contribution in [-0.2, 0) is 4.79 Å². The van der Waals surface area contributed by atoms with Gasteiger partial charge in [0.15, 0.2) is 0 Å². The van der Waals surface area contributed by atoms with Crippen LogP contribution in [0.2, 0.25) is 0 Å². The van der Waals surface area contributed by atoms with Gasteiger partial charge in [-0.2, -0.15) is 0 Å². The molecule has 2 rings (SSSR count). The summed E-state index contributed by atoms with van der Waals surface area (Å²) in [4.78, 5) is 14.9. The average Bonchev–Trinajstić information content (AvgIpc) is 2.47. The van der Waals surface area contributed by atoms with Crippen LogP contribution in [0, 0.1) is 0 Å². The van der Waals surface area contributed by atoms with Crippen LogP contribution in [0.1, 0.15) is 18.0 Å². The van der Waals surface area contributed by atoms with Crippen molar-refractivity contribution in [3.63, 3.8) is 0 Å². The van der Waals surface area contributed by atoms with Gasteiger partial charge in [0.1, 0.15) is 0 Å². The fraction of sp³-hybridized carbons (Fsp3) is 0.333. The van der Waals surface area contributed by atoms with Crippen molar-refractivity contribution in [3.8, 4) is 0 Å². The van der Waals surface area contributed by atoms with E-state index >= 15 is 0 Å². The van der Waals surface area contributed by atoms with Crippen LogP contribution in [0.5, 0.6) is 0 Å². The molecule has 1 amide bonds. The van der Waals surface area contributed by atoms with Gasteiger partial charge in [0.25, 0.3) is 0 Å². The molecule has 13 heavy (non-hydrogen) atoms. The van der Waals surface area contributed by atoms with E-state index in [4.69, 9.17) is 5.73 Å². The minimum Gasteiger partial charge on any atom is -0.348 e. The largest absolute Gasteiger partial charge is 0.348 e. The predicted molar refractivity (Wildman–Crippen MR) is 47.7 cm³/mol. The SMILES string of the molecule is NC1CC(=O)NC1c1ccncc1. The highest BCUT2D eigenvalue weighted by atomic mass is 16.2. The van der Waals surface area contributed by atoms with E-state index in [0.717, 1.165) is 5.56 Å². The summed E-state index contributed by atoms with van der Waals surface area (Å²) in [6.07, 6.45) is 3.81. The second-order valence-electron chi connectivity index (χ2n) is 3.19. The second kappa shape index (κ2) is 3.14. The molecule has 0 spiro atoms. The molecule has 4 nitrogen and oxygen atoms in total. The minimum absolute atomic E-state index is 0.0225. The van der Waals surface area contributed by atoms with Gasteiger partial charge in [0, 0.05) is 24.9 Å². The number of nitrogens with one attached hydrogen (secondary N) is 1. The molecular weight excluding hydrogens is 166 g/mol. The van der Waals surface area contributed by atoms with Crippen molar-refractivity contribution < 1.29 is 4.79 Å². The van der Waals surface area contributed by atoms with E-state index in [1.165, 1.54) is 0 Å². The highest BCUT2D eigenvalue weighted by molar-refractivity contribution is 5.80. The molecule has 2 heterocycles. The van der Waals surface area contributed by atoms with E-state index in [-0.39, 0.29) is 18.0 Å². The van der Waals surface area contributed by atoms with Crippen LogP contribution < -0.4 is 11.1 Å². The molecule has 1 fully saturated rings. The number of nitrogens with zero attached hydrogens (tertiary/aromatic N) is 1. The lowest BCUT2D eigenvalue weighted by atomic mass is 10.0. The average molecular weight is 177 g/mol. The summed E-state index contributed by atoms with van der Waals surface area (Å²) in [5.74, 6) is 0.0225. The summed E-state index contributed by atoms with van der Waals surface area (Å²) in [6.45, 7) is 0.